The minimum atomic E-state index is -5.08. The van der Waals surface area contributed by atoms with Crippen molar-refractivity contribution < 1.29 is 46.1 Å². The number of likely N-dealkylation sites (tertiary alicyclic amines) is 1. The Hall–Kier alpha value is -2.90. The summed E-state index contributed by atoms with van der Waals surface area (Å²) >= 11 is 0. The van der Waals surface area contributed by atoms with Crippen molar-refractivity contribution in [2.75, 3.05) is 31.1 Å². The first-order valence-electron chi connectivity index (χ1n) is 10.1. The predicted molar refractivity (Wildman–Crippen MR) is 109 cm³/mol. The van der Waals surface area contributed by atoms with E-state index in [1.807, 2.05) is 25.4 Å². The maximum absolute atomic E-state index is 10.6. The summed E-state index contributed by atoms with van der Waals surface area (Å²) in [5.41, 5.74) is 1.53. The summed E-state index contributed by atoms with van der Waals surface area (Å²) in [7, 11) is 0. The van der Waals surface area contributed by atoms with Crippen LogP contribution < -0.4 is 4.90 Å². The number of carbonyl (C=O) groups is 2. The second kappa shape index (κ2) is 12.0. The fourth-order valence-corrected chi connectivity index (χ4v) is 3.67. The van der Waals surface area contributed by atoms with Crippen LogP contribution in [0, 0.1) is 6.92 Å². The Bertz CT molecular complexity index is 798. The first kappa shape index (κ1) is 29.1. The van der Waals surface area contributed by atoms with Crippen molar-refractivity contribution in [3.63, 3.8) is 0 Å². The number of piperidine rings is 1. The van der Waals surface area contributed by atoms with Crippen LogP contribution in [0.3, 0.4) is 0 Å². The van der Waals surface area contributed by atoms with E-state index >= 15 is 0 Å². The fourth-order valence-electron chi connectivity index (χ4n) is 3.67. The number of alkyl halides is 6. The third-order valence-corrected chi connectivity index (χ3v) is 5.32. The second-order valence-corrected chi connectivity index (χ2v) is 7.72. The van der Waals surface area contributed by atoms with Crippen LogP contribution in [0.15, 0.2) is 25.0 Å². The van der Waals surface area contributed by atoms with Crippen molar-refractivity contribution in [2.24, 2.45) is 0 Å². The van der Waals surface area contributed by atoms with Gasteiger partial charge in [-0.05, 0) is 44.7 Å². The fraction of sp³-hybridized carbons (Fsp3) is 0.600. The van der Waals surface area contributed by atoms with E-state index in [9.17, 15) is 26.3 Å². The zero-order chi connectivity index (χ0) is 26.2. The Morgan fingerprint density at radius 1 is 1.00 bits per heavy atom. The minimum Gasteiger partial charge on any atom is -0.475 e. The van der Waals surface area contributed by atoms with Crippen molar-refractivity contribution in [3.8, 4) is 0 Å². The molecule has 3 heterocycles. The van der Waals surface area contributed by atoms with Crippen LogP contribution in [0.2, 0.25) is 0 Å². The van der Waals surface area contributed by atoms with Crippen LogP contribution in [0.5, 0.6) is 0 Å². The zero-order valence-electron chi connectivity index (χ0n) is 18.4. The van der Waals surface area contributed by atoms with Crippen molar-refractivity contribution in [2.45, 2.75) is 50.5 Å². The van der Waals surface area contributed by atoms with Crippen molar-refractivity contribution in [1.82, 2.24) is 14.9 Å². The Balaban J connectivity index is 0.000000343. The molecule has 192 valence electrons. The number of rotatable bonds is 3. The van der Waals surface area contributed by atoms with Crippen LogP contribution in [0.25, 0.3) is 0 Å². The van der Waals surface area contributed by atoms with Gasteiger partial charge < -0.3 is 15.1 Å². The number of anilines is 1. The molecule has 34 heavy (non-hydrogen) atoms. The normalized spacial score (nSPS) is 17.8. The maximum atomic E-state index is 10.6. The van der Waals surface area contributed by atoms with Crippen LogP contribution in [-0.2, 0) is 9.59 Å². The summed E-state index contributed by atoms with van der Waals surface area (Å²) in [5.74, 6) is -4.63. The van der Waals surface area contributed by atoms with E-state index in [2.05, 4.69) is 26.3 Å². The highest BCUT2D eigenvalue weighted by atomic mass is 19.4. The average molecular weight is 500 g/mol. The summed E-state index contributed by atoms with van der Waals surface area (Å²) in [6.07, 6.45) is 0.801. The third-order valence-electron chi connectivity index (χ3n) is 5.32. The lowest BCUT2D eigenvalue weighted by molar-refractivity contribution is -0.193. The highest BCUT2D eigenvalue weighted by Gasteiger charge is 2.42. The Morgan fingerprint density at radius 3 is 1.82 bits per heavy atom. The first-order chi connectivity index (χ1) is 15.6. The van der Waals surface area contributed by atoms with E-state index in [-0.39, 0.29) is 0 Å². The van der Waals surface area contributed by atoms with E-state index in [0.29, 0.717) is 5.54 Å². The van der Waals surface area contributed by atoms with Gasteiger partial charge in [0.15, 0.2) is 0 Å². The smallest absolute Gasteiger partial charge is 0.475 e. The van der Waals surface area contributed by atoms with E-state index in [1.54, 1.807) is 0 Å². The Labute approximate surface area is 191 Å². The lowest BCUT2D eigenvalue weighted by Gasteiger charge is -2.44. The number of carboxylic acids is 2. The number of halogens is 6. The second-order valence-electron chi connectivity index (χ2n) is 7.72. The quantitative estimate of drug-likeness (QED) is 0.478. The molecule has 0 atom stereocenters. The van der Waals surface area contributed by atoms with Gasteiger partial charge in [-0.2, -0.15) is 26.3 Å². The molecule has 0 aromatic carbocycles. The molecule has 14 heteroatoms. The molecule has 2 fully saturated rings. The van der Waals surface area contributed by atoms with Gasteiger partial charge in [0.05, 0.1) is 0 Å². The number of aryl methyl sites for hydroxylation is 1. The molecule has 2 saturated heterocycles. The monoisotopic (exact) mass is 500 g/mol. The van der Waals surface area contributed by atoms with Crippen LogP contribution in [-0.4, -0.2) is 81.1 Å². The molecule has 2 N–H and O–H groups in total. The maximum Gasteiger partial charge on any atom is 0.490 e. The van der Waals surface area contributed by atoms with Gasteiger partial charge in [-0.3, -0.25) is 4.90 Å². The zero-order valence-corrected chi connectivity index (χ0v) is 18.4. The predicted octanol–water partition coefficient (Wildman–Crippen LogP) is 3.67. The van der Waals surface area contributed by atoms with Gasteiger partial charge in [0.2, 0.25) is 5.95 Å². The molecular weight excluding hydrogens is 474 g/mol. The summed E-state index contributed by atoms with van der Waals surface area (Å²) in [6, 6.07) is 0. The lowest BCUT2D eigenvalue weighted by Crippen LogP contribution is -2.52. The minimum absolute atomic E-state index is 0.412. The number of hydrogen-bond acceptors (Lipinski definition) is 6. The molecule has 0 saturated carbocycles. The van der Waals surface area contributed by atoms with Crippen molar-refractivity contribution in [1.29, 1.82) is 0 Å². The molecule has 0 unspecified atom stereocenters. The molecule has 0 aliphatic carbocycles. The molecule has 1 aromatic rings. The van der Waals surface area contributed by atoms with Crippen molar-refractivity contribution >= 4 is 17.9 Å². The van der Waals surface area contributed by atoms with Gasteiger partial charge in [-0.25, -0.2) is 19.6 Å². The first-order valence-corrected chi connectivity index (χ1v) is 10.1. The van der Waals surface area contributed by atoms with Gasteiger partial charge >= 0.3 is 24.3 Å². The number of aliphatic carboxylic acids is 2. The molecule has 2 aliphatic rings. The standard InChI is InChI=1S/C16H24N4.2C2HF3O2/c1-3-8-20-9-4-5-16(20)6-10-19(11-7-16)15-17-12-14(2)13-18-15;2*3-2(4,5)1(6)7/h3,12-13H,1,4-11H2,2H3;2*(H,6,7). The molecule has 8 nitrogen and oxygen atoms in total. The van der Waals surface area contributed by atoms with Crippen LogP contribution in [0.4, 0.5) is 32.3 Å². The molecule has 1 aromatic heterocycles. The number of hydrogen-bond donors (Lipinski definition) is 2. The topological polar surface area (TPSA) is 107 Å². The third kappa shape index (κ3) is 8.80. The summed E-state index contributed by atoms with van der Waals surface area (Å²) in [5, 5.41) is 14.2. The van der Waals surface area contributed by atoms with Crippen LogP contribution in [0.1, 0.15) is 31.2 Å². The van der Waals surface area contributed by atoms with Gasteiger partial charge in [0, 0.05) is 37.6 Å². The Morgan fingerprint density at radius 2 is 1.44 bits per heavy atom. The molecular formula is C20H26F6N4O4. The van der Waals surface area contributed by atoms with Crippen molar-refractivity contribution in [3.05, 3.63) is 30.6 Å². The lowest BCUT2D eigenvalue weighted by atomic mass is 9.85. The number of carboxylic acid groups (broad SMARTS) is 2. The van der Waals surface area contributed by atoms with Gasteiger partial charge in [-0.15, -0.1) is 6.58 Å². The highest BCUT2D eigenvalue weighted by molar-refractivity contribution is 5.73. The van der Waals surface area contributed by atoms with Gasteiger partial charge in [0.25, 0.3) is 0 Å². The molecule has 3 rings (SSSR count). The number of nitrogens with zero attached hydrogens (tertiary/aromatic N) is 4. The van der Waals surface area contributed by atoms with Gasteiger partial charge in [0.1, 0.15) is 0 Å². The number of aromatic nitrogens is 2. The molecule has 0 amide bonds. The van der Waals surface area contributed by atoms with Crippen LogP contribution >= 0.6 is 0 Å². The Kier molecular flexibility index (Phi) is 10.3. The molecule has 2 aliphatic heterocycles. The SMILES string of the molecule is C=CCN1CCCC12CCN(c1ncc(C)cn1)CC2.O=C(O)C(F)(F)F.O=C(O)C(F)(F)F. The van der Waals surface area contributed by atoms with E-state index in [1.165, 1.54) is 32.2 Å². The summed E-state index contributed by atoms with van der Waals surface area (Å²) in [4.78, 5) is 31.7. The summed E-state index contributed by atoms with van der Waals surface area (Å²) in [6.45, 7) is 10.3. The van der Waals surface area contributed by atoms with E-state index < -0.39 is 24.3 Å². The highest BCUT2D eigenvalue weighted by Crippen LogP contribution is 2.38. The molecule has 1 spiro atoms. The largest absolute Gasteiger partial charge is 0.490 e. The van der Waals surface area contributed by atoms with Gasteiger partial charge in [-0.1, -0.05) is 6.08 Å². The summed E-state index contributed by atoms with van der Waals surface area (Å²) < 4.78 is 63.5. The van der Waals surface area contributed by atoms with E-state index in [0.717, 1.165) is 31.1 Å². The van der Waals surface area contributed by atoms with E-state index in [4.69, 9.17) is 19.8 Å². The average Bonchev–Trinajstić information content (AvgIpc) is 3.11. The molecule has 0 radical (unpaired) electrons. The molecule has 0 bridgehead atoms.